The van der Waals surface area contributed by atoms with E-state index in [4.69, 9.17) is 89.4 Å². The second-order valence-electron chi connectivity index (χ2n) is 9.75. The molecule has 0 unspecified atom stereocenters. The fourth-order valence-corrected chi connectivity index (χ4v) is 5.89. The van der Waals surface area contributed by atoms with Crippen molar-refractivity contribution < 1.29 is 22.9 Å². The van der Waals surface area contributed by atoms with Crippen molar-refractivity contribution in [1.82, 2.24) is 19.6 Å². The summed E-state index contributed by atoms with van der Waals surface area (Å²) >= 11 is 41.9. The fraction of sp³-hybridized carbons (Fsp3) is 0.0588. The number of aromatic carboxylic acids is 1. The number of nitrogens with zero attached hydrogens (tertiary/aromatic N) is 4. The highest BCUT2D eigenvalue weighted by molar-refractivity contribution is 6.67. The number of aromatic nitrogens is 4. The van der Waals surface area contributed by atoms with E-state index in [1.54, 1.807) is 66.7 Å². The minimum atomic E-state index is -2.72. The zero-order chi connectivity index (χ0) is 39.9. The number of carboxylic acids is 1. The van der Waals surface area contributed by atoms with Crippen molar-refractivity contribution in [1.29, 1.82) is 0 Å². The number of carboxylic acid groups (broad SMARTS) is 1. The van der Waals surface area contributed by atoms with Crippen LogP contribution in [0, 0.1) is 13.7 Å². The number of halogens is 7. The first kappa shape index (κ1) is 28.3. The maximum absolute atomic E-state index is 11.9. The number of hydrogen-bond donors (Lipinski definition) is 1. The van der Waals surface area contributed by atoms with Crippen molar-refractivity contribution in [2.24, 2.45) is 0 Å². The maximum atomic E-state index is 11.9. The number of hydrogen-bond acceptors (Lipinski definition) is 4. The Morgan fingerprint density at radius 2 is 0.979 bits per heavy atom. The van der Waals surface area contributed by atoms with Crippen molar-refractivity contribution in [3.05, 3.63) is 138 Å². The molecule has 0 radical (unpaired) electrons. The topological polar surface area (TPSA) is 90.0 Å². The molecule has 48 heavy (non-hydrogen) atoms. The van der Waals surface area contributed by atoms with Gasteiger partial charge in [-0.1, -0.05) is 93.9 Å². The van der Waals surface area contributed by atoms with Gasteiger partial charge >= 0.3 is 5.97 Å². The van der Waals surface area contributed by atoms with Crippen LogP contribution < -0.4 is 0 Å². The average Bonchev–Trinajstić information content (AvgIpc) is 3.67. The van der Waals surface area contributed by atoms with Gasteiger partial charge in [-0.25, -0.2) is 14.2 Å². The highest BCUT2D eigenvalue weighted by Crippen LogP contribution is 2.35. The van der Waals surface area contributed by atoms with E-state index in [2.05, 4.69) is 10.2 Å². The zero-order valence-corrected chi connectivity index (χ0v) is 29.1. The molecule has 4 aromatic carbocycles. The molecule has 0 aliphatic heterocycles. The Morgan fingerprint density at radius 1 is 0.604 bits per heavy atom. The van der Waals surface area contributed by atoms with Crippen LogP contribution in [0.25, 0.3) is 33.9 Å². The van der Waals surface area contributed by atoms with Crippen LogP contribution in [-0.4, -0.2) is 35.9 Å². The van der Waals surface area contributed by atoms with Crippen molar-refractivity contribution in [3.8, 4) is 33.9 Å². The summed E-state index contributed by atoms with van der Waals surface area (Å²) in [5.41, 5.74) is 0.209. The smallest absolute Gasteiger partial charge is 0.356 e. The third-order valence-electron chi connectivity index (χ3n) is 6.67. The molecule has 14 heteroatoms. The standard InChI is InChI=1S/C17H10Cl4N2O.C17H11Cl3N2O2/c1-9-15(17(21)24)22-23(14-7-6-12(19)8-13(14)20)16(9)10-2-4-11(18)5-3-10;1-9-15(17(23)24)21-22(14-7-6-12(19)8-13(14)20)16(9)10-2-4-11(18)5-3-10/h2-8H,1H3;2-8H,1H3,(H,23,24)/i2*1D3. The van der Waals surface area contributed by atoms with Crippen molar-refractivity contribution in [3.63, 3.8) is 0 Å². The van der Waals surface area contributed by atoms with Gasteiger partial charge < -0.3 is 5.11 Å². The number of carbonyl (C=O) groups is 2. The normalized spacial score (nSPS) is 13.2. The Labute approximate surface area is 318 Å². The summed E-state index contributed by atoms with van der Waals surface area (Å²) in [7, 11) is 0. The second-order valence-corrected chi connectivity index (χ2v) is 12.7. The predicted molar refractivity (Wildman–Crippen MR) is 195 cm³/mol. The molecule has 0 atom stereocenters. The minimum absolute atomic E-state index is 0.0910. The van der Waals surface area contributed by atoms with E-state index in [-0.39, 0.29) is 38.3 Å². The Kier molecular flexibility index (Phi) is 8.81. The molecule has 2 aromatic heterocycles. The van der Waals surface area contributed by atoms with E-state index >= 15 is 0 Å². The molecule has 0 fully saturated rings. The highest BCUT2D eigenvalue weighted by atomic mass is 35.5. The van der Waals surface area contributed by atoms with Crippen LogP contribution in [-0.2, 0) is 0 Å². The van der Waals surface area contributed by atoms with Crippen molar-refractivity contribution in [2.75, 3.05) is 0 Å². The Balaban J connectivity index is 0.000000208. The van der Waals surface area contributed by atoms with Crippen LogP contribution in [0.1, 0.15) is 40.3 Å². The van der Waals surface area contributed by atoms with Crippen LogP contribution >= 0.6 is 81.2 Å². The molecule has 6 rings (SSSR count). The Morgan fingerprint density at radius 3 is 1.33 bits per heavy atom. The molecule has 244 valence electrons. The first-order chi connectivity index (χ1) is 25.2. The lowest BCUT2D eigenvalue weighted by atomic mass is 10.1. The van der Waals surface area contributed by atoms with Gasteiger partial charge in [0.05, 0.1) is 32.8 Å². The lowest BCUT2D eigenvalue weighted by Crippen LogP contribution is -2.03. The van der Waals surface area contributed by atoms with Gasteiger partial charge in [-0.3, -0.25) is 4.79 Å². The zero-order valence-electron chi connectivity index (χ0n) is 29.8. The Hall–Kier alpha value is -3.53. The third kappa shape index (κ3) is 7.53. The van der Waals surface area contributed by atoms with Gasteiger partial charge in [0.2, 0.25) is 0 Å². The molecule has 2 heterocycles. The second kappa shape index (κ2) is 14.9. The van der Waals surface area contributed by atoms with Gasteiger partial charge in [0, 0.05) is 50.6 Å². The Bertz CT molecular complexity index is 2230. The van der Waals surface area contributed by atoms with Gasteiger partial charge in [-0.2, -0.15) is 10.2 Å². The SMILES string of the molecule is [2H]C([2H])([2H])c1c(C(=O)Cl)nn(-c2ccc(Cl)cc2Cl)c1-c1ccc(Cl)cc1.[2H]C([2H])([2H])c1c(C(=O)O)nn(-c2ccc(Cl)cc2Cl)c1-c1ccc(Cl)cc1. The molecule has 0 bridgehead atoms. The van der Waals surface area contributed by atoms with Crippen LogP contribution in [0.4, 0.5) is 0 Å². The minimum Gasteiger partial charge on any atom is -0.476 e. The van der Waals surface area contributed by atoms with E-state index in [0.717, 1.165) is 0 Å². The summed E-state index contributed by atoms with van der Waals surface area (Å²) in [6.45, 7) is -5.37. The summed E-state index contributed by atoms with van der Waals surface area (Å²) in [6, 6.07) is 21.9. The molecule has 0 amide bonds. The molecule has 7 nitrogen and oxygen atoms in total. The summed E-state index contributed by atoms with van der Waals surface area (Å²) in [6.07, 6.45) is 0. The van der Waals surface area contributed by atoms with E-state index in [1.165, 1.54) is 27.6 Å². The van der Waals surface area contributed by atoms with Gasteiger partial charge in [0.1, 0.15) is 5.69 Å². The highest BCUT2D eigenvalue weighted by Gasteiger charge is 2.24. The van der Waals surface area contributed by atoms with E-state index in [1.807, 2.05) is 0 Å². The van der Waals surface area contributed by atoms with E-state index in [0.29, 0.717) is 42.6 Å². The fourth-order valence-electron chi connectivity index (χ4n) is 4.53. The summed E-state index contributed by atoms with van der Waals surface area (Å²) < 4.78 is 49.7. The molecule has 6 aromatic rings. The molecule has 0 saturated heterocycles. The van der Waals surface area contributed by atoms with Gasteiger partial charge in [-0.15, -0.1) is 0 Å². The third-order valence-corrected chi connectivity index (χ3v) is 8.43. The lowest BCUT2D eigenvalue weighted by molar-refractivity contribution is 0.0689. The maximum Gasteiger partial charge on any atom is 0.356 e. The van der Waals surface area contributed by atoms with Crippen molar-refractivity contribution in [2.45, 2.75) is 13.7 Å². The molecular formula is C34H21Cl7N4O3. The summed E-state index contributed by atoms with van der Waals surface area (Å²) in [5.74, 6) is -1.46. The molecule has 0 aliphatic carbocycles. The summed E-state index contributed by atoms with van der Waals surface area (Å²) in [5, 5.41) is 18.8. The first-order valence-corrected chi connectivity index (χ1v) is 16.0. The monoisotopic (exact) mass is 784 g/mol. The number of carbonyl (C=O) groups excluding carboxylic acids is 1. The number of rotatable bonds is 6. The molecule has 1 N–H and O–H groups in total. The largest absolute Gasteiger partial charge is 0.476 e. The van der Waals surface area contributed by atoms with Gasteiger partial charge in [0.15, 0.2) is 5.69 Å². The van der Waals surface area contributed by atoms with Crippen molar-refractivity contribution >= 4 is 92.4 Å². The lowest BCUT2D eigenvalue weighted by Gasteiger charge is -2.11. The molecule has 0 aliphatic rings. The average molecular weight is 788 g/mol. The van der Waals surface area contributed by atoms with Crippen LogP contribution in [0.15, 0.2) is 84.9 Å². The predicted octanol–water partition coefficient (Wildman–Crippen LogP) is 11.7. The van der Waals surface area contributed by atoms with Crippen LogP contribution in [0.2, 0.25) is 30.1 Å². The first-order valence-electron chi connectivity index (χ1n) is 16.3. The molecular weight excluding hydrogens is 761 g/mol. The summed E-state index contributed by atoms with van der Waals surface area (Å²) in [4.78, 5) is 23.6. The van der Waals surface area contributed by atoms with Crippen LogP contribution in [0.3, 0.4) is 0 Å². The van der Waals surface area contributed by atoms with Gasteiger partial charge in [0.25, 0.3) is 5.24 Å². The van der Waals surface area contributed by atoms with E-state index < -0.39 is 30.6 Å². The van der Waals surface area contributed by atoms with Gasteiger partial charge in [-0.05, 0) is 86.0 Å². The molecule has 0 saturated carbocycles. The van der Waals surface area contributed by atoms with Crippen LogP contribution in [0.5, 0.6) is 0 Å². The quantitative estimate of drug-likeness (QED) is 0.170. The number of benzene rings is 4. The van der Waals surface area contributed by atoms with E-state index in [9.17, 15) is 14.7 Å². The molecule has 0 spiro atoms.